The van der Waals surface area contributed by atoms with Crippen molar-refractivity contribution in [1.82, 2.24) is 0 Å². The van der Waals surface area contributed by atoms with E-state index in [1.165, 1.54) is 26.4 Å². The number of carbonyl (C=O) groups is 2. The lowest BCUT2D eigenvalue weighted by atomic mass is 10.1. The van der Waals surface area contributed by atoms with Crippen LogP contribution >= 0.6 is 0 Å². The topological polar surface area (TPSA) is 67.9 Å². The standard InChI is InChI=1S/C17H21FN2O4/c1-23-15(21)11-14(17(22)24-2)19-13-8-6-7-12(18)16(13)20-9-4-3-5-10-20/h6-8,11,19H,3-5,9-10H2,1-2H3/b14-11+. The number of esters is 2. The van der Waals surface area contributed by atoms with Gasteiger partial charge in [0.1, 0.15) is 11.5 Å². The fourth-order valence-corrected chi connectivity index (χ4v) is 2.63. The van der Waals surface area contributed by atoms with E-state index in [-0.39, 0.29) is 11.5 Å². The number of hydrogen-bond acceptors (Lipinski definition) is 6. The molecule has 0 atom stereocenters. The van der Waals surface area contributed by atoms with Crippen molar-refractivity contribution in [2.24, 2.45) is 0 Å². The fourth-order valence-electron chi connectivity index (χ4n) is 2.63. The molecule has 24 heavy (non-hydrogen) atoms. The molecule has 0 amide bonds. The van der Waals surface area contributed by atoms with Crippen molar-refractivity contribution in [2.45, 2.75) is 19.3 Å². The van der Waals surface area contributed by atoms with Gasteiger partial charge in [0, 0.05) is 13.1 Å². The Morgan fingerprint density at radius 2 is 1.88 bits per heavy atom. The van der Waals surface area contributed by atoms with E-state index in [0.29, 0.717) is 11.4 Å². The van der Waals surface area contributed by atoms with E-state index in [4.69, 9.17) is 0 Å². The number of halogens is 1. The van der Waals surface area contributed by atoms with Gasteiger partial charge < -0.3 is 19.7 Å². The van der Waals surface area contributed by atoms with E-state index >= 15 is 0 Å². The van der Waals surface area contributed by atoms with Crippen LogP contribution in [0.2, 0.25) is 0 Å². The van der Waals surface area contributed by atoms with Crippen LogP contribution in [0.15, 0.2) is 30.0 Å². The third-order valence-corrected chi connectivity index (χ3v) is 3.80. The largest absolute Gasteiger partial charge is 0.466 e. The van der Waals surface area contributed by atoms with Crippen LogP contribution in [0.3, 0.4) is 0 Å². The molecule has 0 radical (unpaired) electrons. The molecule has 6 nitrogen and oxygen atoms in total. The lowest BCUT2D eigenvalue weighted by Crippen LogP contribution is -2.31. The van der Waals surface area contributed by atoms with Crippen LogP contribution in [0.5, 0.6) is 0 Å². The molecule has 7 heteroatoms. The summed E-state index contributed by atoms with van der Waals surface area (Å²) in [6, 6.07) is 4.57. The highest BCUT2D eigenvalue weighted by molar-refractivity contribution is 5.99. The van der Waals surface area contributed by atoms with Gasteiger partial charge in [-0.25, -0.2) is 14.0 Å². The lowest BCUT2D eigenvalue weighted by Gasteiger charge is -2.31. The molecule has 130 valence electrons. The van der Waals surface area contributed by atoms with Crippen molar-refractivity contribution in [3.8, 4) is 0 Å². The molecule has 1 aliphatic heterocycles. The molecular weight excluding hydrogens is 315 g/mol. The zero-order chi connectivity index (χ0) is 17.5. The van der Waals surface area contributed by atoms with Crippen LogP contribution in [0.4, 0.5) is 15.8 Å². The first kappa shape index (κ1) is 17.8. The molecule has 0 saturated carbocycles. The van der Waals surface area contributed by atoms with E-state index in [1.54, 1.807) is 6.07 Å². The molecule has 0 spiro atoms. The van der Waals surface area contributed by atoms with Gasteiger partial charge in [-0.1, -0.05) is 6.07 Å². The minimum absolute atomic E-state index is 0.117. The van der Waals surface area contributed by atoms with Gasteiger partial charge >= 0.3 is 11.9 Å². The number of piperidine rings is 1. The zero-order valence-corrected chi connectivity index (χ0v) is 13.8. The number of ether oxygens (including phenoxy) is 2. The SMILES string of the molecule is COC(=O)/C=C(/Nc1cccc(F)c1N1CCCCC1)C(=O)OC. The Morgan fingerprint density at radius 1 is 1.17 bits per heavy atom. The average Bonchev–Trinajstić information content (AvgIpc) is 2.61. The molecular formula is C17H21FN2O4. The Morgan fingerprint density at radius 3 is 2.50 bits per heavy atom. The third kappa shape index (κ3) is 4.24. The average molecular weight is 336 g/mol. The maximum Gasteiger partial charge on any atom is 0.354 e. The molecule has 2 rings (SSSR count). The monoisotopic (exact) mass is 336 g/mol. The number of carbonyl (C=O) groups excluding carboxylic acids is 2. The summed E-state index contributed by atoms with van der Waals surface area (Å²) in [6.07, 6.45) is 4.06. The summed E-state index contributed by atoms with van der Waals surface area (Å²) in [5, 5.41) is 2.81. The molecule has 1 aliphatic rings. The highest BCUT2D eigenvalue weighted by Gasteiger charge is 2.21. The third-order valence-electron chi connectivity index (χ3n) is 3.80. The molecule has 1 aromatic rings. The van der Waals surface area contributed by atoms with Gasteiger partial charge in [-0.3, -0.25) is 0 Å². The van der Waals surface area contributed by atoms with Crippen molar-refractivity contribution in [3.05, 3.63) is 35.8 Å². The smallest absolute Gasteiger partial charge is 0.354 e. The van der Waals surface area contributed by atoms with E-state index in [2.05, 4.69) is 14.8 Å². The summed E-state index contributed by atoms with van der Waals surface area (Å²) in [6.45, 7) is 1.48. The first-order valence-electron chi connectivity index (χ1n) is 7.75. The van der Waals surface area contributed by atoms with Gasteiger partial charge in [0.2, 0.25) is 0 Å². The number of para-hydroxylation sites is 1. The van der Waals surface area contributed by atoms with Gasteiger partial charge in [0.25, 0.3) is 0 Å². The minimum Gasteiger partial charge on any atom is -0.466 e. The number of rotatable bonds is 5. The van der Waals surface area contributed by atoms with Crippen LogP contribution in [-0.4, -0.2) is 39.2 Å². The van der Waals surface area contributed by atoms with Crippen LogP contribution in [0, 0.1) is 5.82 Å². The van der Waals surface area contributed by atoms with Crippen molar-refractivity contribution in [2.75, 3.05) is 37.5 Å². The lowest BCUT2D eigenvalue weighted by molar-refractivity contribution is -0.138. The Bertz CT molecular complexity index is 639. The summed E-state index contributed by atoms with van der Waals surface area (Å²) in [7, 11) is 2.40. The van der Waals surface area contributed by atoms with E-state index in [9.17, 15) is 14.0 Å². The second kappa shape index (κ2) is 8.33. The van der Waals surface area contributed by atoms with Crippen molar-refractivity contribution in [3.63, 3.8) is 0 Å². The van der Waals surface area contributed by atoms with Crippen molar-refractivity contribution in [1.29, 1.82) is 0 Å². The highest BCUT2D eigenvalue weighted by Crippen LogP contribution is 2.32. The van der Waals surface area contributed by atoms with Gasteiger partial charge in [-0.2, -0.15) is 0 Å². The zero-order valence-electron chi connectivity index (χ0n) is 13.8. The predicted molar refractivity (Wildman–Crippen MR) is 88.2 cm³/mol. The van der Waals surface area contributed by atoms with E-state index in [0.717, 1.165) is 38.4 Å². The first-order chi connectivity index (χ1) is 11.6. The Kier molecular flexibility index (Phi) is 6.17. The van der Waals surface area contributed by atoms with Gasteiger partial charge in [-0.05, 0) is 31.4 Å². The Labute approximate surface area is 140 Å². The molecule has 1 aromatic carbocycles. The van der Waals surface area contributed by atoms with E-state index < -0.39 is 11.9 Å². The predicted octanol–water partition coefficient (Wildman–Crippen LogP) is 2.46. The second-order valence-corrected chi connectivity index (χ2v) is 5.38. The number of hydrogen-bond donors (Lipinski definition) is 1. The van der Waals surface area contributed by atoms with Crippen LogP contribution < -0.4 is 10.2 Å². The molecule has 0 bridgehead atoms. The maximum absolute atomic E-state index is 14.4. The molecule has 1 saturated heterocycles. The summed E-state index contributed by atoms with van der Waals surface area (Å²) in [4.78, 5) is 25.3. The van der Waals surface area contributed by atoms with Gasteiger partial charge in [-0.15, -0.1) is 0 Å². The molecule has 0 unspecified atom stereocenters. The second-order valence-electron chi connectivity index (χ2n) is 5.38. The molecule has 0 aliphatic carbocycles. The maximum atomic E-state index is 14.4. The fraction of sp³-hybridized carbons (Fsp3) is 0.412. The number of anilines is 2. The summed E-state index contributed by atoms with van der Waals surface area (Å²) < 4.78 is 23.6. The summed E-state index contributed by atoms with van der Waals surface area (Å²) >= 11 is 0. The summed E-state index contributed by atoms with van der Waals surface area (Å²) in [5.74, 6) is -1.84. The minimum atomic E-state index is -0.741. The van der Waals surface area contributed by atoms with E-state index in [1.807, 2.05) is 4.90 Å². The molecule has 1 N–H and O–H groups in total. The van der Waals surface area contributed by atoms with Crippen molar-refractivity contribution >= 4 is 23.3 Å². The van der Waals surface area contributed by atoms with Crippen LogP contribution in [0.25, 0.3) is 0 Å². The number of benzene rings is 1. The van der Waals surface area contributed by atoms with Gasteiger partial charge in [0.05, 0.1) is 31.7 Å². The number of nitrogens with one attached hydrogen (secondary N) is 1. The highest BCUT2D eigenvalue weighted by atomic mass is 19.1. The number of methoxy groups -OCH3 is 2. The number of nitrogens with zero attached hydrogens (tertiary/aromatic N) is 1. The Balaban J connectivity index is 2.36. The van der Waals surface area contributed by atoms with Gasteiger partial charge in [0.15, 0.2) is 0 Å². The molecule has 1 fully saturated rings. The normalized spacial score (nSPS) is 15.0. The molecule has 1 heterocycles. The van der Waals surface area contributed by atoms with Crippen LogP contribution in [0.1, 0.15) is 19.3 Å². The Hall–Kier alpha value is -2.57. The van der Waals surface area contributed by atoms with Crippen LogP contribution in [-0.2, 0) is 19.1 Å². The van der Waals surface area contributed by atoms with Crippen molar-refractivity contribution < 1.29 is 23.5 Å². The quantitative estimate of drug-likeness (QED) is 0.658. The molecule has 0 aromatic heterocycles. The first-order valence-corrected chi connectivity index (χ1v) is 7.75. The summed E-state index contributed by atoms with van der Waals surface area (Å²) in [5.41, 5.74) is 0.669.